The Morgan fingerprint density at radius 2 is 1.45 bits per heavy atom. The standard InChI is InChI=1S/C47H52F2N6O14/c1-53(43(59)36-26-30-25-33(5-6-35(30)51-36)54-10-9-47(63,46(54)62)45(61)50-28-29-23-31(48)27-32(49)24-29)11-12-64-13-14-65-15-16-66-17-18-67-19-20-68-21-22-69-38-4-2-3-34-40(38)44(60)55(42(34)58)37-7-8-39(56)52-41(37)57/h2-6,23-27,37,51,63H,7-22,28H2,1H3,(H,50,61)(H,52,56,57). The van der Waals surface area contributed by atoms with Crippen LogP contribution in [-0.2, 0) is 49.4 Å². The maximum absolute atomic E-state index is 13.6. The van der Waals surface area contributed by atoms with Crippen LogP contribution in [-0.4, -0.2) is 166 Å². The summed E-state index contributed by atoms with van der Waals surface area (Å²) in [5.41, 5.74) is -0.693. The van der Waals surface area contributed by atoms with E-state index in [1.165, 1.54) is 15.9 Å². The van der Waals surface area contributed by atoms with Crippen LogP contribution >= 0.6 is 0 Å². The number of ether oxygens (including phenoxy) is 6. The molecule has 4 N–H and O–H groups in total. The fourth-order valence-corrected chi connectivity index (χ4v) is 7.91. The molecule has 3 aliphatic rings. The number of fused-ring (bicyclic) bond motifs is 2. The fourth-order valence-electron chi connectivity index (χ4n) is 7.91. The van der Waals surface area contributed by atoms with Gasteiger partial charge in [-0.1, -0.05) is 6.07 Å². The molecule has 20 nitrogen and oxygen atoms in total. The highest BCUT2D eigenvalue weighted by Crippen LogP contribution is 2.34. The molecular formula is C47H52F2N6O14. The van der Waals surface area contributed by atoms with Crippen molar-refractivity contribution in [3.63, 3.8) is 0 Å². The fraction of sp³-hybridized carbons (Fsp3) is 0.426. The van der Waals surface area contributed by atoms with Gasteiger partial charge in [-0.25, -0.2) is 8.78 Å². The number of likely N-dealkylation sites (N-methyl/N-ethyl adjacent to an activating group) is 1. The van der Waals surface area contributed by atoms with Crippen molar-refractivity contribution in [1.29, 1.82) is 0 Å². The molecule has 0 spiro atoms. The highest BCUT2D eigenvalue weighted by Gasteiger charge is 2.52. The Balaban J connectivity index is 0.696. The van der Waals surface area contributed by atoms with Gasteiger partial charge in [-0.15, -0.1) is 0 Å². The van der Waals surface area contributed by atoms with Crippen LogP contribution in [0.3, 0.4) is 0 Å². The van der Waals surface area contributed by atoms with Crippen molar-refractivity contribution in [3.05, 3.63) is 94.7 Å². The van der Waals surface area contributed by atoms with Crippen molar-refractivity contribution in [1.82, 2.24) is 25.4 Å². The van der Waals surface area contributed by atoms with Gasteiger partial charge in [0.05, 0.1) is 77.2 Å². The third kappa shape index (κ3) is 12.1. The van der Waals surface area contributed by atoms with E-state index in [1.807, 2.05) is 0 Å². The van der Waals surface area contributed by atoms with Crippen molar-refractivity contribution in [2.45, 2.75) is 37.5 Å². The number of nitrogens with one attached hydrogen (secondary N) is 3. The third-order valence-corrected chi connectivity index (χ3v) is 11.5. The topological polar surface area (TPSA) is 245 Å². The van der Waals surface area contributed by atoms with Gasteiger partial charge in [0.2, 0.25) is 17.4 Å². The number of piperidine rings is 1. The first kappa shape index (κ1) is 50.2. The molecule has 1 aromatic heterocycles. The Morgan fingerprint density at radius 3 is 2.10 bits per heavy atom. The molecule has 0 radical (unpaired) electrons. The largest absolute Gasteiger partial charge is 0.490 e. The van der Waals surface area contributed by atoms with Crippen LogP contribution in [0.1, 0.15) is 56.0 Å². The van der Waals surface area contributed by atoms with Crippen molar-refractivity contribution >= 4 is 57.9 Å². The Bertz CT molecular complexity index is 2550. The number of imide groups is 2. The average Bonchev–Trinajstić information content (AvgIpc) is 3.97. The summed E-state index contributed by atoms with van der Waals surface area (Å²) in [6.07, 6.45) is -0.115. The van der Waals surface area contributed by atoms with Crippen LogP contribution in [0.25, 0.3) is 10.9 Å². The Labute approximate surface area is 394 Å². The lowest BCUT2D eigenvalue weighted by molar-refractivity contribution is -0.149. The minimum Gasteiger partial charge on any atom is -0.490 e. The number of H-pyrrole nitrogens is 1. The molecule has 2 unspecified atom stereocenters. The lowest BCUT2D eigenvalue weighted by atomic mass is 10.0. The van der Waals surface area contributed by atoms with E-state index in [1.54, 1.807) is 43.4 Å². The molecule has 368 valence electrons. The van der Waals surface area contributed by atoms with E-state index < -0.39 is 58.7 Å². The van der Waals surface area contributed by atoms with Gasteiger partial charge in [0, 0.05) is 62.2 Å². The summed E-state index contributed by atoms with van der Waals surface area (Å²) in [4.78, 5) is 96.1. The number of aliphatic hydroxyl groups is 1. The van der Waals surface area contributed by atoms with E-state index in [0.717, 1.165) is 17.0 Å². The summed E-state index contributed by atoms with van der Waals surface area (Å²) in [6, 6.07) is 13.0. The smallest absolute Gasteiger partial charge is 0.270 e. The van der Waals surface area contributed by atoms with Gasteiger partial charge in [0.15, 0.2) is 0 Å². The number of carbonyl (C=O) groups is 7. The Morgan fingerprint density at radius 1 is 0.812 bits per heavy atom. The first-order valence-electron chi connectivity index (χ1n) is 22.3. The minimum absolute atomic E-state index is 0.0273. The number of benzene rings is 3. The third-order valence-electron chi connectivity index (χ3n) is 11.5. The summed E-state index contributed by atoms with van der Waals surface area (Å²) >= 11 is 0. The number of hydrogen-bond donors (Lipinski definition) is 4. The number of rotatable bonds is 25. The molecule has 2 atom stereocenters. The highest BCUT2D eigenvalue weighted by atomic mass is 19.1. The van der Waals surface area contributed by atoms with E-state index in [-0.39, 0.29) is 87.1 Å². The Kier molecular flexibility index (Phi) is 16.8. The summed E-state index contributed by atoms with van der Waals surface area (Å²) in [6.45, 7) is 3.19. The SMILES string of the molecule is CN(CCOCCOCCOCCOCCOCCOc1cccc2c1C(=O)N(C1CCC(=O)NC1=O)C2=O)C(=O)c1cc2cc(N3CCC(O)(C(=O)NCc4cc(F)cc(F)c4)C3=O)ccc2[nH]1. The summed E-state index contributed by atoms with van der Waals surface area (Å²) in [5, 5.41) is 16.2. The second kappa shape index (κ2) is 23.1. The average molecular weight is 963 g/mol. The molecule has 22 heteroatoms. The summed E-state index contributed by atoms with van der Waals surface area (Å²) < 4.78 is 60.6. The maximum atomic E-state index is 13.6. The predicted octanol–water partition coefficient (Wildman–Crippen LogP) is 1.87. The van der Waals surface area contributed by atoms with Crippen molar-refractivity contribution in [2.24, 2.45) is 0 Å². The lowest BCUT2D eigenvalue weighted by Crippen LogP contribution is -2.54. The van der Waals surface area contributed by atoms with E-state index in [0.29, 0.717) is 81.1 Å². The van der Waals surface area contributed by atoms with Crippen molar-refractivity contribution in [3.8, 4) is 5.75 Å². The molecule has 4 aromatic rings. The maximum Gasteiger partial charge on any atom is 0.270 e. The molecule has 0 aliphatic carbocycles. The first-order chi connectivity index (χ1) is 33.2. The molecule has 0 bridgehead atoms. The van der Waals surface area contributed by atoms with E-state index in [9.17, 15) is 47.4 Å². The molecule has 7 amide bonds. The van der Waals surface area contributed by atoms with Crippen LogP contribution in [0.15, 0.2) is 60.7 Å². The number of anilines is 1. The highest BCUT2D eigenvalue weighted by molar-refractivity contribution is 6.24. The van der Waals surface area contributed by atoms with Gasteiger partial charge in [-0.3, -0.25) is 43.8 Å². The van der Waals surface area contributed by atoms with Crippen LogP contribution < -0.4 is 20.3 Å². The normalized spacial score (nSPS) is 18.0. The van der Waals surface area contributed by atoms with Gasteiger partial charge in [-0.05, 0) is 60.5 Å². The molecule has 69 heavy (non-hydrogen) atoms. The van der Waals surface area contributed by atoms with Gasteiger partial charge < -0.3 is 53.6 Å². The number of aromatic amines is 1. The van der Waals surface area contributed by atoms with Crippen LogP contribution in [0, 0.1) is 11.6 Å². The minimum atomic E-state index is -2.37. The zero-order valence-electron chi connectivity index (χ0n) is 37.7. The molecule has 2 fully saturated rings. The number of aromatic nitrogens is 1. The predicted molar refractivity (Wildman–Crippen MR) is 238 cm³/mol. The molecular weight excluding hydrogens is 911 g/mol. The second-order valence-electron chi connectivity index (χ2n) is 16.2. The monoisotopic (exact) mass is 962 g/mol. The Hall–Kier alpha value is -6.69. The number of nitrogens with zero attached hydrogens (tertiary/aromatic N) is 3. The van der Waals surface area contributed by atoms with Gasteiger partial charge in [0.1, 0.15) is 35.7 Å². The zero-order chi connectivity index (χ0) is 49.1. The van der Waals surface area contributed by atoms with Gasteiger partial charge >= 0.3 is 0 Å². The van der Waals surface area contributed by atoms with E-state index in [4.69, 9.17) is 28.4 Å². The van der Waals surface area contributed by atoms with E-state index in [2.05, 4.69) is 15.6 Å². The number of carbonyl (C=O) groups excluding carboxylic acids is 7. The van der Waals surface area contributed by atoms with Gasteiger partial charge in [-0.2, -0.15) is 0 Å². The number of hydrogen-bond acceptors (Lipinski definition) is 14. The zero-order valence-corrected chi connectivity index (χ0v) is 37.7. The first-order valence-corrected chi connectivity index (χ1v) is 22.3. The quantitative estimate of drug-likeness (QED) is 0.0421. The molecule has 7 rings (SSSR count). The van der Waals surface area contributed by atoms with Crippen molar-refractivity contribution < 1.29 is 75.9 Å². The van der Waals surface area contributed by atoms with Gasteiger partial charge in [0.25, 0.3) is 29.5 Å². The number of halogens is 2. The summed E-state index contributed by atoms with van der Waals surface area (Å²) in [7, 11) is 1.64. The van der Waals surface area contributed by atoms with Crippen molar-refractivity contribution in [2.75, 3.05) is 97.7 Å². The summed E-state index contributed by atoms with van der Waals surface area (Å²) in [5.74, 6) is -5.96. The lowest BCUT2D eigenvalue weighted by Gasteiger charge is -2.27. The molecule has 2 saturated heterocycles. The van der Waals surface area contributed by atoms with Crippen LogP contribution in [0.5, 0.6) is 5.75 Å². The second-order valence-corrected chi connectivity index (χ2v) is 16.2. The molecule has 3 aromatic carbocycles. The van der Waals surface area contributed by atoms with Crippen LogP contribution in [0.4, 0.5) is 14.5 Å². The molecule has 3 aliphatic heterocycles. The van der Waals surface area contributed by atoms with E-state index >= 15 is 0 Å². The van der Waals surface area contributed by atoms with Crippen LogP contribution in [0.2, 0.25) is 0 Å². The molecule has 4 heterocycles. The number of amides is 7. The molecule has 0 saturated carbocycles.